The number of methoxy groups -OCH3 is 1. The van der Waals surface area contributed by atoms with Crippen molar-refractivity contribution in [1.29, 1.82) is 0 Å². The van der Waals surface area contributed by atoms with E-state index >= 15 is 0 Å². The number of rotatable bonds is 4. The number of aromatic nitrogens is 2. The first-order valence-electron chi connectivity index (χ1n) is 6.19. The average Bonchev–Trinajstić information content (AvgIpc) is 2.36. The van der Waals surface area contributed by atoms with Crippen LogP contribution in [0.4, 0.5) is 10.2 Å². The second-order valence-corrected chi connectivity index (χ2v) is 5.97. The molecular weight excluding hydrogens is 285 g/mol. The van der Waals surface area contributed by atoms with Crippen LogP contribution >= 0.6 is 11.6 Å². The van der Waals surface area contributed by atoms with Crippen molar-refractivity contribution < 1.29 is 13.9 Å². The molecule has 0 fully saturated rings. The normalized spacial score (nSPS) is 14.6. The highest BCUT2D eigenvalue weighted by Gasteiger charge is 2.35. The number of nitrogens with one attached hydrogen (secondary N) is 1. The van der Waals surface area contributed by atoms with Gasteiger partial charge in [0, 0.05) is 6.04 Å². The number of carbonyl (C=O) groups excluding carboxylic acids is 1. The topological polar surface area (TPSA) is 64.1 Å². The summed E-state index contributed by atoms with van der Waals surface area (Å²) in [4.78, 5) is 19.1. The minimum absolute atomic E-state index is 0.0271. The van der Waals surface area contributed by atoms with E-state index in [1.54, 1.807) is 6.92 Å². The summed E-state index contributed by atoms with van der Waals surface area (Å²) < 4.78 is 18.5. The minimum Gasteiger partial charge on any atom is -0.469 e. The zero-order chi connectivity index (χ0) is 15.5. The molecule has 7 heteroatoms. The predicted molar refractivity (Wildman–Crippen MR) is 75.0 cm³/mol. The summed E-state index contributed by atoms with van der Waals surface area (Å²) in [6, 6.07) is -0.379. The van der Waals surface area contributed by atoms with Crippen LogP contribution in [0.25, 0.3) is 0 Å². The SMILES string of the molecule is COC(=O)C(C)[C@@H](Nc1nc(Cl)ncc1F)C(C)(C)C. The highest BCUT2D eigenvalue weighted by Crippen LogP contribution is 2.29. The lowest BCUT2D eigenvalue weighted by Crippen LogP contribution is -2.43. The Balaban J connectivity index is 3.08. The summed E-state index contributed by atoms with van der Waals surface area (Å²) in [6.07, 6.45) is 0.986. The third-order valence-electron chi connectivity index (χ3n) is 3.01. The maximum absolute atomic E-state index is 13.7. The van der Waals surface area contributed by atoms with E-state index < -0.39 is 11.7 Å². The van der Waals surface area contributed by atoms with Gasteiger partial charge in [-0.15, -0.1) is 0 Å². The Morgan fingerprint density at radius 2 is 2.10 bits per heavy atom. The summed E-state index contributed by atoms with van der Waals surface area (Å²) in [7, 11) is 1.32. The van der Waals surface area contributed by atoms with Crippen LogP contribution in [-0.2, 0) is 9.53 Å². The van der Waals surface area contributed by atoms with Crippen LogP contribution in [0.1, 0.15) is 27.7 Å². The molecule has 2 atom stereocenters. The molecule has 1 aromatic rings. The standard InChI is InChI=1S/C13H19ClFN3O2/c1-7(11(19)20-5)9(13(2,3)4)17-10-8(15)6-16-12(14)18-10/h6-7,9H,1-5H3,(H,16,17,18)/t7?,9-/m1/s1. The average molecular weight is 304 g/mol. The van der Waals surface area contributed by atoms with Gasteiger partial charge in [0.25, 0.3) is 0 Å². The number of anilines is 1. The van der Waals surface area contributed by atoms with Gasteiger partial charge in [0.1, 0.15) is 0 Å². The van der Waals surface area contributed by atoms with E-state index in [4.69, 9.17) is 16.3 Å². The Labute approximate surface area is 122 Å². The largest absolute Gasteiger partial charge is 0.469 e. The highest BCUT2D eigenvalue weighted by molar-refractivity contribution is 6.28. The van der Waals surface area contributed by atoms with Crippen LogP contribution in [0.15, 0.2) is 6.20 Å². The van der Waals surface area contributed by atoms with E-state index in [0.717, 1.165) is 6.20 Å². The van der Waals surface area contributed by atoms with Crippen molar-refractivity contribution in [2.24, 2.45) is 11.3 Å². The van der Waals surface area contributed by atoms with Crippen LogP contribution < -0.4 is 5.32 Å². The maximum atomic E-state index is 13.7. The van der Waals surface area contributed by atoms with Gasteiger partial charge in [-0.3, -0.25) is 4.79 Å². The molecule has 1 N–H and O–H groups in total. The molecule has 112 valence electrons. The first-order valence-corrected chi connectivity index (χ1v) is 6.57. The fourth-order valence-electron chi connectivity index (χ4n) is 2.01. The molecule has 0 spiro atoms. The van der Waals surface area contributed by atoms with Gasteiger partial charge in [0.05, 0.1) is 19.2 Å². The maximum Gasteiger partial charge on any atom is 0.310 e. The van der Waals surface area contributed by atoms with E-state index in [9.17, 15) is 9.18 Å². The van der Waals surface area contributed by atoms with Crippen LogP contribution in [0, 0.1) is 17.2 Å². The molecule has 1 heterocycles. The van der Waals surface area contributed by atoms with Crippen molar-refractivity contribution in [3.8, 4) is 0 Å². The fraction of sp³-hybridized carbons (Fsp3) is 0.615. The molecule has 0 radical (unpaired) electrons. The van der Waals surface area contributed by atoms with Crippen molar-refractivity contribution in [1.82, 2.24) is 9.97 Å². The Hall–Kier alpha value is -1.43. The first kappa shape index (κ1) is 16.6. The summed E-state index contributed by atoms with van der Waals surface area (Å²) >= 11 is 5.66. The van der Waals surface area contributed by atoms with Gasteiger partial charge < -0.3 is 10.1 Å². The number of hydrogen-bond acceptors (Lipinski definition) is 5. The van der Waals surface area contributed by atoms with Crippen LogP contribution in [0.5, 0.6) is 0 Å². The molecule has 0 amide bonds. The lowest BCUT2D eigenvalue weighted by molar-refractivity contribution is -0.146. The number of ether oxygens (including phenoxy) is 1. The van der Waals surface area contributed by atoms with Gasteiger partial charge in [0.15, 0.2) is 11.6 Å². The second kappa shape index (κ2) is 6.35. The number of hydrogen-bond donors (Lipinski definition) is 1. The number of nitrogens with zero attached hydrogens (tertiary/aromatic N) is 2. The van der Waals surface area contributed by atoms with E-state index in [-0.39, 0.29) is 28.5 Å². The Kier molecular flexibility index (Phi) is 5.28. The van der Waals surface area contributed by atoms with E-state index in [2.05, 4.69) is 15.3 Å². The lowest BCUT2D eigenvalue weighted by Gasteiger charge is -2.35. The summed E-state index contributed by atoms with van der Waals surface area (Å²) in [5, 5.41) is 2.87. The van der Waals surface area contributed by atoms with E-state index in [0.29, 0.717) is 0 Å². The first-order chi connectivity index (χ1) is 9.16. The fourth-order valence-corrected chi connectivity index (χ4v) is 2.14. The third-order valence-corrected chi connectivity index (χ3v) is 3.20. The van der Waals surface area contributed by atoms with Gasteiger partial charge in [-0.2, -0.15) is 4.98 Å². The quantitative estimate of drug-likeness (QED) is 0.684. The third kappa shape index (κ3) is 4.03. The van der Waals surface area contributed by atoms with Crippen molar-refractivity contribution >= 4 is 23.4 Å². The molecular formula is C13H19ClFN3O2. The summed E-state index contributed by atoms with van der Waals surface area (Å²) in [6.45, 7) is 7.52. The molecule has 0 aliphatic heterocycles. The molecule has 0 aromatic carbocycles. The molecule has 0 saturated carbocycles. The minimum atomic E-state index is -0.624. The van der Waals surface area contributed by atoms with Crippen molar-refractivity contribution in [3.05, 3.63) is 17.3 Å². The molecule has 0 aliphatic rings. The summed E-state index contributed by atoms with van der Waals surface area (Å²) in [5.41, 5.74) is -0.322. The number of carbonyl (C=O) groups is 1. The lowest BCUT2D eigenvalue weighted by atomic mass is 9.79. The van der Waals surface area contributed by atoms with Gasteiger partial charge in [0.2, 0.25) is 5.28 Å². The Bertz CT molecular complexity index is 491. The van der Waals surface area contributed by atoms with Crippen molar-refractivity contribution in [3.63, 3.8) is 0 Å². The van der Waals surface area contributed by atoms with E-state index in [1.165, 1.54) is 7.11 Å². The molecule has 0 aliphatic carbocycles. The number of halogens is 2. The van der Waals surface area contributed by atoms with E-state index in [1.807, 2.05) is 20.8 Å². The predicted octanol–water partition coefficient (Wildman–Crippen LogP) is 2.90. The van der Waals surface area contributed by atoms with Crippen LogP contribution in [0.2, 0.25) is 5.28 Å². The molecule has 1 unspecified atom stereocenters. The molecule has 0 saturated heterocycles. The van der Waals surface area contributed by atoms with Crippen LogP contribution in [0.3, 0.4) is 0 Å². The second-order valence-electron chi connectivity index (χ2n) is 5.64. The Morgan fingerprint density at radius 3 is 2.60 bits per heavy atom. The molecule has 1 rings (SSSR count). The van der Waals surface area contributed by atoms with Gasteiger partial charge >= 0.3 is 5.97 Å². The highest BCUT2D eigenvalue weighted by atomic mass is 35.5. The van der Waals surface area contributed by atoms with Crippen LogP contribution in [-0.4, -0.2) is 29.1 Å². The Morgan fingerprint density at radius 1 is 1.50 bits per heavy atom. The van der Waals surface area contributed by atoms with Crippen molar-refractivity contribution in [2.75, 3.05) is 12.4 Å². The summed E-state index contributed by atoms with van der Waals surface area (Å²) in [5.74, 6) is -1.51. The van der Waals surface area contributed by atoms with Gasteiger partial charge in [-0.25, -0.2) is 9.37 Å². The smallest absolute Gasteiger partial charge is 0.310 e. The molecule has 5 nitrogen and oxygen atoms in total. The number of esters is 1. The van der Waals surface area contributed by atoms with Crippen molar-refractivity contribution in [2.45, 2.75) is 33.7 Å². The zero-order valence-electron chi connectivity index (χ0n) is 12.2. The monoisotopic (exact) mass is 303 g/mol. The molecule has 0 bridgehead atoms. The zero-order valence-corrected chi connectivity index (χ0v) is 13.0. The molecule has 1 aromatic heterocycles. The molecule has 20 heavy (non-hydrogen) atoms. The van der Waals surface area contributed by atoms with Gasteiger partial charge in [-0.05, 0) is 23.9 Å². The van der Waals surface area contributed by atoms with Gasteiger partial charge in [-0.1, -0.05) is 20.8 Å².